The lowest BCUT2D eigenvalue weighted by Crippen LogP contribution is -2.62. The minimum Gasteiger partial charge on any atom is -0.343 e. The summed E-state index contributed by atoms with van der Waals surface area (Å²) in [5.74, 6) is -0.0305. The predicted molar refractivity (Wildman–Crippen MR) is 76.0 cm³/mol. The molecule has 2 heterocycles. The van der Waals surface area contributed by atoms with E-state index in [0.717, 1.165) is 18.4 Å². The highest BCUT2D eigenvalue weighted by atomic mass is 16.2. The van der Waals surface area contributed by atoms with Gasteiger partial charge in [-0.25, -0.2) is 0 Å². The molecule has 2 unspecified atom stereocenters. The van der Waals surface area contributed by atoms with Gasteiger partial charge in [-0.2, -0.15) is 0 Å². The molecule has 1 saturated heterocycles. The number of hydrogen-bond donors (Lipinski definition) is 1. The van der Waals surface area contributed by atoms with E-state index in [1.165, 1.54) is 0 Å². The molecule has 1 fully saturated rings. The summed E-state index contributed by atoms with van der Waals surface area (Å²) >= 11 is 0. The van der Waals surface area contributed by atoms with Crippen molar-refractivity contribution in [1.82, 2.24) is 15.2 Å². The number of rotatable bonds is 5. The summed E-state index contributed by atoms with van der Waals surface area (Å²) in [6.45, 7) is 4.34. The number of carbonyl (C=O) groups excluding carboxylic acids is 2. The van der Waals surface area contributed by atoms with E-state index in [0.29, 0.717) is 13.0 Å². The van der Waals surface area contributed by atoms with E-state index in [1.54, 1.807) is 24.2 Å². The SMILES string of the molecule is CCCC1NC(=O)C(C)N(CCc2cccnc2)C1=O. The molecule has 1 aliphatic rings. The van der Waals surface area contributed by atoms with Crippen molar-refractivity contribution in [3.63, 3.8) is 0 Å². The van der Waals surface area contributed by atoms with Crippen molar-refractivity contribution in [2.45, 2.75) is 45.2 Å². The van der Waals surface area contributed by atoms with Crippen LogP contribution in [0.15, 0.2) is 24.5 Å². The van der Waals surface area contributed by atoms with Crippen molar-refractivity contribution >= 4 is 11.8 Å². The highest BCUT2D eigenvalue weighted by Gasteiger charge is 2.36. The van der Waals surface area contributed by atoms with Crippen LogP contribution in [0.3, 0.4) is 0 Å². The monoisotopic (exact) mass is 275 g/mol. The van der Waals surface area contributed by atoms with Gasteiger partial charge < -0.3 is 10.2 Å². The van der Waals surface area contributed by atoms with E-state index < -0.39 is 6.04 Å². The van der Waals surface area contributed by atoms with Crippen LogP contribution in [0.4, 0.5) is 0 Å². The average molecular weight is 275 g/mol. The molecule has 2 amide bonds. The van der Waals surface area contributed by atoms with Crippen LogP contribution in [-0.4, -0.2) is 40.3 Å². The summed E-state index contributed by atoms with van der Waals surface area (Å²) in [5, 5.41) is 2.80. The van der Waals surface area contributed by atoms with Gasteiger partial charge in [-0.1, -0.05) is 19.4 Å². The smallest absolute Gasteiger partial charge is 0.245 e. The second kappa shape index (κ2) is 6.50. The zero-order valence-corrected chi connectivity index (χ0v) is 12.0. The molecule has 2 atom stereocenters. The van der Waals surface area contributed by atoms with Gasteiger partial charge in [0.1, 0.15) is 12.1 Å². The maximum atomic E-state index is 12.4. The molecule has 108 valence electrons. The van der Waals surface area contributed by atoms with Crippen LogP contribution in [0.1, 0.15) is 32.3 Å². The first-order chi connectivity index (χ1) is 9.63. The van der Waals surface area contributed by atoms with Gasteiger partial charge in [-0.05, 0) is 31.4 Å². The van der Waals surface area contributed by atoms with Crippen LogP contribution in [0.5, 0.6) is 0 Å². The van der Waals surface area contributed by atoms with Crippen molar-refractivity contribution < 1.29 is 9.59 Å². The van der Waals surface area contributed by atoms with Gasteiger partial charge in [0.2, 0.25) is 11.8 Å². The van der Waals surface area contributed by atoms with Gasteiger partial charge in [0.25, 0.3) is 0 Å². The lowest BCUT2D eigenvalue weighted by atomic mass is 10.0. The molecular weight excluding hydrogens is 254 g/mol. The number of nitrogens with one attached hydrogen (secondary N) is 1. The molecular formula is C15H21N3O2. The van der Waals surface area contributed by atoms with E-state index >= 15 is 0 Å². The molecule has 5 heteroatoms. The van der Waals surface area contributed by atoms with E-state index in [1.807, 2.05) is 19.1 Å². The van der Waals surface area contributed by atoms with Crippen molar-refractivity contribution in [1.29, 1.82) is 0 Å². The highest BCUT2D eigenvalue weighted by molar-refractivity contribution is 5.96. The molecule has 2 rings (SSSR count). The van der Waals surface area contributed by atoms with Gasteiger partial charge >= 0.3 is 0 Å². The number of carbonyl (C=O) groups is 2. The Bertz CT molecular complexity index is 475. The Morgan fingerprint density at radius 2 is 2.20 bits per heavy atom. The molecule has 0 aromatic carbocycles. The fourth-order valence-electron chi connectivity index (χ4n) is 2.47. The third-order valence-corrected chi connectivity index (χ3v) is 3.69. The van der Waals surface area contributed by atoms with E-state index in [2.05, 4.69) is 10.3 Å². The Labute approximate surface area is 119 Å². The number of piperazine rings is 1. The summed E-state index contributed by atoms with van der Waals surface area (Å²) in [5.41, 5.74) is 1.07. The molecule has 20 heavy (non-hydrogen) atoms. The van der Waals surface area contributed by atoms with Crippen LogP contribution < -0.4 is 5.32 Å². The Morgan fingerprint density at radius 1 is 1.40 bits per heavy atom. The fourth-order valence-corrected chi connectivity index (χ4v) is 2.47. The van der Waals surface area contributed by atoms with Gasteiger partial charge in [-0.15, -0.1) is 0 Å². The quantitative estimate of drug-likeness (QED) is 0.876. The molecule has 1 aromatic heterocycles. The molecule has 5 nitrogen and oxygen atoms in total. The average Bonchev–Trinajstić information content (AvgIpc) is 2.46. The summed E-state index contributed by atoms with van der Waals surface area (Å²) in [6, 6.07) is 3.10. The third-order valence-electron chi connectivity index (χ3n) is 3.69. The second-order valence-corrected chi connectivity index (χ2v) is 5.17. The molecule has 0 aliphatic carbocycles. The minimum absolute atomic E-state index is 0.0304. The first-order valence-electron chi connectivity index (χ1n) is 7.13. The zero-order valence-electron chi connectivity index (χ0n) is 12.0. The predicted octanol–water partition coefficient (Wildman–Crippen LogP) is 1.14. The van der Waals surface area contributed by atoms with Crippen LogP contribution >= 0.6 is 0 Å². The van der Waals surface area contributed by atoms with Crippen molar-refractivity contribution in [3.8, 4) is 0 Å². The highest BCUT2D eigenvalue weighted by Crippen LogP contribution is 2.14. The summed E-state index contributed by atoms with van der Waals surface area (Å²) < 4.78 is 0. The maximum absolute atomic E-state index is 12.4. The Hall–Kier alpha value is -1.91. The molecule has 0 spiro atoms. The first kappa shape index (κ1) is 14.5. The van der Waals surface area contributed by atoms with Crippen LogP contribution in [-0.2, 0) is 16.0 Å². The number of amides is 2. The van der Waals surface area contributed by atoms with Crippen molar-refractivity contribution in [2.75, 3.05) is 6.54 Å². The van der Waals surface area contributed by atoms with Gasteiger partial charge in [0, 0.05) is 18.9 Å². The maximum Gasteiger partial charge on any atom is 0.245 e. The number of aromatic nitrogens is 1. The van der Waals surface area contributed by atoms with E-state index in [-0.39, 0.29) is 17.9 Å². The largest absolute Gasteiger partial charge is 0.343 e. The normalized spacial score (nSPS) is 22.8. The second-order valence-electron chi connectivity index (χ2n) is 5.17. The Kier molecular flexibility index (Phi) is 4.71. The van der Waals surface area contributed by atoms with Crippen molar-refractivity contribution in [3.05, 3.63) is 30.1 Å². The number of pyridine rings is 1. The van der Waals surface area contributed by atoms with E-state index in [9.17, 15) is 9.59 Å². The molecule has 1 aromatic rings. The Balaban J connectivity index is 2.03. The molecule has 0 saturated carbocycles. The number of nitrogens with zero attached hydrogens (tertiary/aromatic N) is 2. The van der Waals surface area contributed by atoms with Crippen LogP contribution in [0.25, 0.3) is 0 Å². The minimum atomic E-state index is -0.396. The summed E-state index contributed by atoms with van der Waals surface area (Å²) in [7, 11) is 0. The topological polar surface area (TPSA) is 62.3 Å². The lowest BCUT2D eigenvalue weighted by molar-refractivity contribution is -0.148. The summed E-state index contributed by atoms with van der Waals surface area (Å²) in [4.78, 5) is 30.1. The van der Waals surface area contributed by atoms with Crippen molar-refractivity contribution in [2.24, 2.45) is 0 Å². The van der Waals surface area contributed by atoms with Crippen LogP contribution in [0.2, 0.25) is 0 Å². The lowest BCUT2D eigenvalue weighted by Gasteiger charge is -2.37. The third kappa shape index (κ3) is 3.15. The molecule has 1 N–H and O–H groups in total. The van der Waals surface area contributed by atoms with Crippen LogP contribution in [0, 0.1) is 0 Å². The van der Waals surface area contributed by atoms with Gasteiger partial charge in [0.05, 0.1) is 0 Å². The van der Waals surface area contributed by atoms with E-state index in [4.69, 9.17) is 0 Å². The molecule has 0 radical (unpaired) electrons. The molecule has 1 aliphatic heterocycles. The van der Waals surface area contributed by atoms with Gasteiger partial charge in [0.15, 0.2) is 0 Å². The number of hydrogen-bond acceptors (Lipinski definition) is 3. The standard InChI is InChI=1S/C15H21N3O2/c1-3-5-13-15(20)18(11(2)14(19)17-13)9-7-12-6-4-8-16-10-12/h4,6,8,10-11,13H,3,5,7,9H2,1-2H3,(H,17,19). The Morgan fingerprint density at radius 3 is 2.85 bits per heavy atom. The fraction of sp³-hybridized carbons (Fsp3) is 0.533. The van der Waals surface area contributed by atoms with Gasteiger partial charge in [-0.3, -0.25) is 14.6 Å². The summed E-state index contributed by atoms with van der Waals surface area (Å²) in [6.07, 6.45) is 5.81. The first-order valence-corrected chi connectivity index (χ1v) is 7.13. The molecule has 0 bridgehead atoms. The zero-order chi connectivity index (χ0) is 14.5.